The van der Waals surface area contributed by atoms with E-state index in [0.29, 0.717) is 24.5 Å². The van der Waals surface area contributed by atoms with Gasteiger partial charge in [0.2, 0.25) is 11.8 Å². The molecule has 3 aromatic carbocycles. The van der Waals surface area contributed by atoms with Crippen molar-refractivity contribution in [2.75, 3.05) is 17.5 Å². The van der Waals surface area contributed by atoms with Gasteiger partial charge in [0.1, 0.15) is 18.3 Å². The monoisotopic (exact) mass is 605 g/mol. The van der Waals surface area contributed by atoms with Gasteiger partial charge in [0.05, 0.1) is 17.2 Å². The molecule has 230 valence electrons. The van der Waals surface area contributed by atoms with E-state index in [1.165, 1.54) is 12.1 Å². The third kappa shape index (κ3) is 7.96. The Balaban J connectivity index is 1.71. The van der Waals surface area contributed by atoms with Crippen molar-refractivity contribution >= 4 is 27.5 Å². The Morgan fingerprint density at radius 1 is 0.930 bits per heavy atom. The van der Waals surface area contributed by atoms with Gasteiger partial charge in [0, 0.05) is 12.6 Å². The second-order valence-corrected chi connectivity index (χ2v) is 13.0. The first-order chi connectivity index (χ1) is 20.6. The van der Waals surface area contributed by atoms with Crippen molar-refractivity contribution in [1.82, 2.24) is 10.2 Å². The number of hydrogen-bond donors (Lipinski definition) is 1. The Labute approximate surface area is 256 Å². The van der Waals surface area contributed by atoms with Crippen LogP contribution < -0.4 is 14.4 Å². The number of carbonyl (C=O) groups excluding carboxylic acids is 2. The molecule has 0 bridgehead atoms. The highest BCUT2D eigenvalue weighted by molar-refractivity contribution is 7.92. The highest BCUT2D eigenvalue weighted by atomic mass is 32.2. The molecule has 0 unspecified atom stereocenters. The third-order valence-electron chi connectivity index (χ3n) is 8.01. The molecule has 1 N–H and O–H groups in total. The molecule has 0 saturated heterocycles. The second-order valence-electron chi connectivity index (χ2n) is 11.1. The lowest BCUT2D eigenvalue weighted by molar-refractivity contribution is -0.140. The molecular formula is C34H43N3O5S. The first-order valence-corrected chi connectivity index (χ1v) is 16.5. The number of nitrogens with one attached hydrogen (secondary N) is 1. The molecule has 1 saturated carbocycles. The van der Waals surface area contributed by atoms with Gasteiger partial charge in [-0.2, -0.15) is 0 Å². The molecule has 0 aliphatic heterocycles. The Morgan fingerprint density at radius 2 is 1.58 bits per heavy atom. The first-order valence-electron chi connectivity index (χ1n) is 15.1. The number of sulfonamides is 1. The Morgan fingerprint density at radius 3 is 2.19 bits per heavy atom. The minimum Gasteiger partial charge on any atom is -0.494 e. The predicted octanol–water partition coefficient (Wildman–Crippen LogP) is 5.76. The van der Waals surface area contributed by atoms with Gasteiger partial charge < -0.3 is 15.0 Å². The Hall–Kier alpha value is -3.85. The highest BCUT2D eigenvalue weighted by Crippen LogP contribution is 2.27. The quantitative estimate of drug-likeness (QED) is 0.267. The Kier molecular flexibility index (Phi) is 10.9. The van der Waals surface area contributed by atoms with Crippen molar-refractivity contribution < 1.29 is 22.7 Å². The van der Waals surface area contributed by atoms with Crippen LogP contribution in [0.3, 0.4) is 0 Å². The van der Waals surface area contributed by atoms with E-state index < -0.39 is 28.5 Å². The fourth-order valence-electron chi connectivity index (χ4n) is 5.50. The number of amides is 2. The molecule has 0 spiro atoms. The number of hydrogen-bond acceptors (Lipinski definition) is 5. The van der Waals surface area contributed by atoms with Crippen LogP contribution in [0.25, 0.3) is 0 Å². The summed E-state index contributed by atoms with van der Waals surface area (Å²) in [6, 6.07) is 20.3. The van der Waals surface area contributed by atoms with E-state index in [1.807, 2.05) is 64.1 Å². The lowest BCUT2D eigenvalue weighted by Gasteiger charge is -2.34. The van der Waals surface area contributed by atoms with Gasteiger partial charge >= 0.3 is 0 Å². The van der Waals surface area contributed by atoms with Crippen molar-refractivity contribution in [2.24, 2.45) is 0 Å². The van der Waals surface area contributed by atoms with Crippen molar-refractivity contribution in [3.8, 4) is 5.75 Å². The standard InChI is InChI=1S/C34H43N3O5S/c1-5-32(34(39)35-28-13-9-10-14-28)36(23-27-12-8-7-11-26(27)4)33(38)24-37(29-17-15-25(3)16-18-29)43(40,41)31-21-19-30(20-22-31)42-6-2/h7-8,11-12,15-22,28,32H,5-6,9-10,13-14,23-24H2,1-4H3,(H,35,39)/t32-/m0/s1. The summed E-state index contributed by atoms with van der Waals surface area (Å²) >= 11 is 0. The summed E-state index contributed by atoms with van der Waals surface area (Å²) in [5.41, 5.74) is 3.22. The van der Waals surface area contributed by atoms with Gasteiger partial charge in [-0.3, -0.25) is 13.9 Å². The van der Waals surface area contributed by atoms with Gasteiger partial charge in [-0.15, -0.1) is 0 Å². The number of aryl methyl sites for hydroxylation is 2. The van der Waals surface area contributed by atoms with E-state index in [0.717, 1.165) is 46.7 Å². The van der Waals surface area contributed by atoms with Crippen LogP contribution in [0.1, 0.15) is 62.6 Å². The molecule has 0 heterocycles. The molecule has 9 heteroatoms. The average Bonchev–Trinajstić information content (AvgIpc) is 3.50. The topological polar surface area (TPSA) is 96.0 Å². The van der Waals surface area contributed by atoms with E-state index in [2.05, 4.69) is 5.32 Å². The second kappa shape index (κ2) is 14.6. The van der Waals surface area contributed by atoms with E-state index >= 15 is 0 Å². The molecule has 0 radical (unpaired) electrons. The van der Waals surface area contributed by atoms with Crippen LogP contribution in [-0.4, -0.2) is 50.4 Å². The van der Waals surface area contributed by atoms with Crippen LogP contribution in [-0.2, 0) is 26.2 Å². The minimum absolute atomic E-state index is 0.0424. The summed E-state index contributed by atoms with van der Waals surface area (Å²) in [6.07, 6.45) is 4.39. The molecule has 2 amide bonds. The van der Waals surface area contributed by atoms with E-state index in [9.17, 15) is 18.0 Å². The third-order valence-corrected chi connectivity index (χ3v) is 9.80. The molecule has 1 atom stereocenters. The van der Waals surface area contributed by atoms with Crippen molar-refractivity contribution in [3.05, 3.63) is 89.5 Å². The van der Waals surface area contributed by atoms with Crippen LogP contribution in [0.15, 0.2) is 77.7 Å². The number of anilines is 1. The molecule has 43 heavy (non-hydrogen) atoms. The molecule has 1 aliphatic carbocycles. The SMILES string of the molecule is CCOc1ccc(S(=O)(=O)N(CC(=O)N(Cc2ccccc2C)[C@@H](CC)C(=O)NC2CCCC2)c2ccc(C)cc2)cc1. The van der Waals surface area contributed by atoms with Crippen molar-refractivity contribution in [2.45, 2.75) is 83.3 Å². The maximum Gasteiger partial charge on any atom is 0.264 e. The average molecular weight is 606 g/mol. The number of nitrogens with zero attached hydrogens (tertiary/aromatic N) is 2. The fourth-order valence-corrected chi connectivity index (χ4v) is 6.91. The van der Waals surface area contributed by atoms with Crippen LogP contribution in [0.5, 0.6) is 5.75 Å². The zero-order valence-corrected chi connectivity index (χ0v) is 26.4. The number of ether oxygens (including phenoxy) is 1. The molecule has 0 aromatic heterocycles. The molecular weight excluding hydrogens is 562 g/mol. The smallest absolute Gasteiger partial charge is 0.264 e. The number of benzene rings is 3. The molecule has 4 rings (SSSR count). The van der Waals surface area contributed by atoms with Gasteiger partial charge in [-0.1, -0.05) is 61.7 Å². The predicted molar refractivity (Wildman–Crippen MR) is 170 cm³/mol. The summed E-state index contributed by atoms with van der Waals surface area (Å²) in [7, 11) is -4.15. The Bertz CT molecular complexity index is 1480. The summed E-state index contributed by atoms with van der Waals surface area (Å²) in [5.74, 6) is -0.0952. The molecule has 1 aliphatic rings. The van der Waals surface area contributed by atoms with Crippen LogP contribution in [0.4, 0.5) is 5.69 Å². The first kappa shape index (κ1) is 32.1. The molecule has 1 fully saturated rings. The normalized spacial score (nSPS) is 14.2. The number of carbonyl (C=O) groups is 2. The van der Waals surface area contributed by atoms with Gasteiger partial charge in [0.25, 0.3) is 10.0 Å². The fraction of sp³-hybridized carbons (Fsp3) is 0.412. The summed E-state index contributed by atoms with van der Waals surface area (Å²) in [4.78, 5) is 29.5. The van der Waals surface area contributed by atoms with Gasteiger partial charge in [-0.25, -0.2) is 8.42 Å². The lowest BCUT2D eigenvalue weighted by atomic mass is 10.1. The number of rotatable bonds is 13. The minimum atomic E-state index is -4.15. The summed E-state index contributed by atoms with van der Waals surface area (Å²) in [6.45, 7) is 7.80. The van der Waals surface area contributed by atoms with Crippen LogP contribution in [0, 0.1) is 13.8 Å². The van der Waals surface area contributed by atoms with Crippen molar-refractivity contribution in [3.63, 3.8) is 0 Å². The lowest BCUT2D eigenvalue weighted by Crippen LogP contribution is -2.53. The maximum atomic E-state index is 14.3. The molecule has 8 nitrogen and oxygen atoms in total. The van der Waals surface area contributed by atoms with Crippen LogP contribution in [0.2, 0.25) is 0 Å². The van der Waals surface area contributed by atoms with E-state index in [4.69, 9.17) is 4.74 Å². The van der Waals surface area contributed by atoms with Gasteiger partial charge in [0.15, 0.2) is 0 Å². The van der Waals surface area contributed by atoms with E-state index in [1.54, 1.807) is 29.2 Å². The van der Waals surface area contributed by atoms with Gasteiger partial charge in [-0.05, 0) is 87.6 Å². The maximum absolute atomic E-state index is 14.3. The molecule has 3 aromatic rings. The largest absolute Gasteiger partial charge is 0.494 e. The van der Waals surface area contributed by atoms with E-state index in [-0.39, 0.29) is 23.4 Å². The zero-order chi connectivity index (χ0) is 31.0. The summed E-state index contributed by atoms with van der Waals surface area (Å²) in [5, 5.41) is 3.15. The summed E-state index contributed by atoms with van der Waals surface area (Å²) < 4.78 is 34.8. The highest BCUT2D eigenvalue weighted by Gasteiger charge is 2.34. The van der Waals surface area contributed by atoms with Crippen LogP contribution >= 0.6 is 0 Å². The van der Waals surface area contributed by atoms with Crippen molar-refractivity contribution in [1.29, 1.82) is 0 Å². The zero-order valence-electron chi connectivity index (χ0n) is 25.6.